The van der Waals surface area contributed by atoms with E-state index in [1.54, 1.807) is 14.2 Å². The summed E-state index contributed by atoms with van der Waals surface area (Å²) < 4.78 is 12.7. The molecule has 142 valence electrons. The molecule has 5 aromatic rings. The fourth-order valence-electron chi connectivity index (χ4n) is 3.61. The third-order valence-electron chi connectivity index (χ3n) is 5.10. The van der Waals surface area contributed by atoms with Crippen molar-refractivity contribution in [1.82, 2.24) is 14.4 Å². The van der Waals surface area contributed by atoms with Crippen LogP contribution in [0.3, 0.4) is 0 Å². The number of methoxy groups -OCH3 is 2. The van der Waals surface area contributed by atoms with E-state index >= 15 is 0 Å². The van der Waals surface area contributed by atoms with Gasteiger partial charge in [0.25, 0.3) is 0 Å². The lowest BCUT2D eigenvalue weighted by atomic mass is 10.0. The van der Waals surface area contributed by atoms with Gasteiger partial charge in [-0.05, 0) is 60.7 Å². The van der Waals surface area contributed by atoms with E-state index in [1.165, 1.54) is 0 Å². The van der Waals surface area contributed by atoms with Crippen molar-refractivity contribution in [2.24, 2.45) is 0 Å². The highest BCUT2D eigenvalue weighted by atomic mass is 16.5. The quantitative estimate of drug-likeness (QED) is 0.427. The molecule has 0 unspecified atom stereocenters. The summed E-state index contributed by atoms with van der Waals surface area (Å²) >= 11 is 0. The first kappa shape index (κ1) is 17.3. The summed E-state index contributed by atoms with van der Waals surface area (Å²) in [4.78, 5) is 9.68. The van der Waals surface area contributed by atoms with Crippen LogP contribution in [-0.4, -0.2) is 28.6 Å². The Kier molecular flexibility index (Phi) is 4.13. The average Bonchev–Trinajstić information content (AvgIpc) is 3.19. The molecule has 0 spiro atoms. The van der Waals surface area contributed by atoms with Crippen molar-refractivity contribution in [1.29, 1.82) is 0 Å². The van der Waals surface area contributed by atoms with Crippen molar-refractivity contribution in [2.75, 3.05) is 14.2 Å². The van der Waals surface area contributed by atoms with Gasteiger partial charge in [0.15, 0.2) is 0 Å². The summed E-state index contributed by atoms with van der Waals surface area (Å²) in [6, 6.07) is 24.0. The summed E-state index contributed by atoms with van der Waals surface area (Å²) in [5, 5.41) is 1.02. The molecule has 0 aliphatic carbocycles. The van der Waals surface area contributed by atoms with Gasteiger partial charge in [0.2, 0.25) is 0 Å². The average molecular weight is 381 g/mol. The number of rotatable bonds is 4. The van der Waals surface area contributed by atoms with Crippen LogP contribution in [0.2, 0.25) is 0 Å². The molecule has 5 rings (SSSR count). The molecule has 0 saturated carbocycles. The second-order valence-electron chi connectivity index (χ2n) is 6.72. The maximum Gasteiger partial charge on any atom is 0.148 e. The molecule has 0 aliphatic rings. The van der Waals surface area contributed by atoms with Crippen LogP contribution in [0, 0.1) is 0 Å². The van der Waals surface area contributed by atoms with E-state index in [1.807, 2.05) is 73.1 Å². The Morgan fingerprint density at radius 3 is 2.00 bits per heavy atom. The van der Waals surface area contributed by atoms with Gasteiger partial charge in [-0.2, -0.15) is 0 Å². The fraction of sp³-hybridized carbons (Fsp3) is 0.0833. The zero-order valence-corrected chi connectivity index (χ0v) is 16.2. The van der Waals surface area contributed by atoms with Crippen molar-refractivity contribution in [3.8, 4) is 34.0 Å². The van der Waals surface area contributed by atoms with Gasteiger partial charge in [0, 0.05) is 16.5 Å². The highest BCUT2D eigenvalue weighted by molar-refractivity contribution is 5.95. The number of benzene rings is 3. The minimum atomic E-state index is 0.815. The Morgan fingerprint density at radius 1 is 0.724 bits per heavy atom. The second kappa shape index (κ2) is 6.95. The highest BCUT2D eigenvalue weighted by Gasteiger charge is 2.18. The molecule has 0 aliphatic heterocycles. The first-order chi connectivity index (χ1) is 14.3. The monoisotopic (exact) mass is 381 g/mol. The Labute approximate surface area is 168 Å². The van der Waals surface area contributed by atoms with Crippen molar-refractivity contribution >= 4 is 16.6 Å². The van der Waals surface area contributed by atoms with Crippen LogP contribution in [0.5, 0.6) is 11.5 Å². The van der Waals surface area contributed by atoms with Gasteiger partial charge in [0.05, 0.1) is 31.1 Å². The summed E-state index contributed by atoms with van der Waals surface area (Å²) in [7, 11) is 3.34. The van der Waals surface area contributed by atoms with Crippen LogP contribution in [0.15, 0.2) is 79.1 Å². The molecule has 0 N–H and O–H groups in total. The van der Waals surface area contributed by atoms with Crippen LogP contribution in [0.4, 0.5) is 0 Å². The predicted molar refractivity (Wildman–Crippen MR) is 114 cm³/mol. The lowest BCUT2D eigenvalue weighted by Gasteiger charge is -2.08. The molecule has 3 aromatic carbocycles. The molecule has 29 heavy (non-hydrogen) atoms. The summed E-state index contributed by atoms with van der Waals surface area (Å²) in [5.74, 6) is 1.63. The van der Waals surface area contributed by atoms with Crippen LogP contribution < -0.4 is 9.47 Å². The van der Waals surface area contributed by atoms with Gasteiger partial charge in [-0.3, -0.25) is 4.40 Å². The lowest BCUT2D eigenvalue weighted by molar-refractivity contribution is 0.414. The second-order valence-corrected chi connectivity index (χ2v) is 6.72. The van der Waals surface area contributed by atoms with E-state index in [2.05, 4.69) is 15.5 Å². The molecule has 0 saturated heterocycles. The number of hydrogen-bond acceptors (Lipinski definition) is 4. The van der Waals surface area contributed by atoms with Gasteiger partial charge in [0.1, 0.15) is 23.5 Å². The molecule has 0 amide bonds. The molecule has 5 nitrogen and oxygen atoms in total. The summed E-state index contributed by atoms with van der Waals surface area (Å²) in [6.45, 7) is 0. The highest BCUT2D eigenvalue weighted by Crippen LogP contribution is 2.35. The number of nitrogens with zero attached hydrogens (tertiary/aromatic N) is 3. The van der Waals surface area contributed by atoms with Crippen molar-refractivity contribution < 1.29 is 9.47 Å². The topological polar surface area (TPSA) is 48.7 Å². The number of fused-ring (bicyclic) bond motifs is 3. The molecule has 2 heterocycles. The molecule has 0 atom stereocenters. The van der Waals surface area contributed by atoms with E-state index in [4.69, 9.17) is 14.5 Å². The van der Waals surface area contributed by atoms with E-state index in [0.29, 0.717) is 0 Å². The third-order valence-corrected chi connectivity index (χ3v) is 5.10. The number of para-hydroxylation sites is 1. The Hall–Kier alpha value is -3.86. The number of ether oxygens (including phenoxy) is 2. The predicted octanol–water partition coefficient (Wildman–Crippen LogP) is 5.23. The van der Waals surface area contributed by atoms with Gasteiger partial charge < -0.3 is 9.47 Å². The molecule has 0 bridgehead atoms. The van der Waals surface area contributed by atoms with Crippen molar-refractivity contribution in [3.05, 3.63) is 79.1 Å². The maximum atomic E-state index is 5.32. The van der Waals surface area contributed by atoms with Gasteiger partial charge in [-0.15, -0.1) is 0 Å². The first-order valence-corrected chi connectivity index (χ1v) is 9.33. The summed E-state index contributed by atoms with van der Waals surface area (Å²) in [6.07, 6.45) is 1.84. The van der Waals surface area contributed by atoms with Gasteiger partial charge in [-0.1, -0.05) is 12.1 Å². The maximum absolute atomic E-state index is 5.32. The number of aromatic nitrogens is 3. The van der Waals surface area contributed by atoms with Crippen LogP contribution >= 0.6 is 0 Å². The smallest absolute Gasteiger partial charge is 0.148 e. The van der Waals surface area contributed by atoms with Crippen LogP contribution in [0.1, 0.15) is 0 Å². The van der Waals surface area contributed by atoms with E-state index in [0.717, 1.165) is 50.6 Å². The lowest BCUT2D eigenvalue weighted by Crippen LogP contribution is -1.93. The third kappa shape index (κ3) is 2.88. The summed E-state index contributed by atoms with van der Waals surface area (Å²) in [5.41, 5.74) is 5.76. The number of hydrogen-bond donors (Lipinski definition) is 0. The standard InChI is InChI=1S/C24H19N3O2/c1-28-18-11-7-16(8-12-18)22-23(17-9-13-19(29-2)14-10-17)27-15-25-21-6-4-3-5-20(21)24(27)26-22/h3-15H,1-2H3. The van der Waals surface area contributed by atoms with E-state index < -0.39 is 0 Å². The van der Waals surface area contributed by atoms with E-state index in [-0.39, 0.29) is 0 Å². The molecular weight excluding hydrogens is 362 g/mol. The molecule has 0 fully saturated rings. The zero-order chi connectivity index (χ0) is 19.8. The molecule has 2 aromatic heterocycles. The van der Waals surface area contributed by atoms with Crippen LogP contribution in [-0.2, 0) is 0 Å². The van der Waals surface area contributed by atoms with E-state index in [9.17, 15) is 0 Å². The SMILES string of the molecule is COc1ccc(-c2nc3c4ccccc4ncn3c2-c2ccc(OC)cc2)cc1. The number of imidazole rings is 1. The largest absolute Gasteiger partial charge is 0.497 e. The minimum Gasteiger partial charge on any atom is -0.497 e. The molecule has 5 heteroatoms. The normalized spacial score (nSPS) is 11.1. The van der Waals surface area contributed by atoms with Crippen molar-refractivity contribution in [2.45, 2.75) is 0 Å². The Bertz CT molecular complexity index is 1310. The van der Waals surface area contributed by atoms with Crippen LogP contribution in [0.25, 0.3) is 39.1 Å². The van der Waals surface area contributed by atoms with Gasteiger partial charge >= 0.3 is 0 Å². The molecular formula is C24H19N3O2. The first-order valence-electron chi connectivity index (χ1n) is 9.33. The molecule has 0 radical (unpaired) electrons. The van der Waals surface area contributed by atoms with Crippen molar-refractivity contribution in [3.63, 3.8) is 0 Å². The Balaban J connectivity index is 1.82. The van der Waals surface area contributed by atoms with Gasteiger partial charge in [-0.25, -0.2) is 9.97 Å². The zero-order valence-electron chi connectivity index (χ0n) is 16.2. The minimum absolute atomic E-state index is 0.815. The fourth-order valence-corrected chi connectivity index (χ4v) is 3.61. The Morgan fingerprint density at radius 2 is 1.34 bits per heavy atom.